The second-order valence-corrected chi connectivity index (χ2v) is 3.92. The van der Waals surface area contributed by atoms with Crippen LogP contribution in [0.3, 0.4) is 0 Å². The van der Waals surface area contributed by atoms with Crippen LogP contribution in [0.15, 0.2) is 12.2 Å². The third-order valence-corrected chi connectivity index (χ3v) is 2.60. The van der Waals surface area contributed by atoms with Crippen LogP contribution in [-0.4, -0.2) is 48.7 Å². The summed E-state index contributed by atoms with van der Waals surface area (Å²) in [5.74, 6) is -0.970. The third kappa shape index (κ3) is 4.02. The standard InChI is InChI=1S/C11H17NO4/c1-16-8-9-3-2-6-12(7-9)10(13)4-5-11(14)15/h4-5,9H,2-3,6-8H2,1H3,(H,14,15)/b5-4+. The average Bonchev–Trinajstić information content (AvgIpc) is 2.26. The first-order valence-electron chi connectivity index (χ1n) is 5.32. The monoisotopic (exact) mass is 227 g/mol. The molecule has 1 atom stereocenters. The average molecular weight is 227 g/mol. The Bertz CT molecular complexity index is 286. The van der Waals surface area contributed by atoms with Gasteiger partial charge in [-0.05, 0) is 18.8 Å². The third-order valence-electron chi connectivity index (χ3n) is 2.60. The van der Waals surface area contributed by atoms with Crippen molar-refractivity contribution in [2.75, 3.05) is 26.8 Å². The molecule has 5 nitrogen and oxygen atoms in total. The molecule has 1 unspecified atom stereocenters. The minimum atomic E-state index is -1.10. The highest BCUT2D eigenvalue weighted by atomic mass is 16.5. The number of piperidine rings is 1. The van der Waals surface area contributed by atoms with E-state index in [9.17, 15) is 9.59 Å². The maximum absolute atomic E-state index is 11.6. The van der Waals surface area contributed by atoms with Crippen molar-refractivity contribution < 1.29 is 19.4 Å². The Balaban J connectivity index is 2.46. The molecule has 0 bridgehead atoms. The summed E-state index contributed by atoms with van der Waals surface area (Å²) in [4.78, 5) is 23.5. The number of hydrogen-bond acceptors (Lipinski definition) is 3. The van der Waals surface area contributed by atoms with E-state index < -0.39 is 5.97 Å². The lowest BCUT2D eigenvalue weighted by molar-refractivity contribution is -0.132. The molecular formula is C11H17NO4. The number of carboxylic acid groups (broad SMARTS) is 1. The fourth-order valence-corrected chi connectivity index (χ4v) is 1.88. The van der Waals surface area contributed by atoms with E-state index >= 15 is 0 Å². The van der Waals surface area contributed by atoms with Crippen LogP contribution in [0.5, 0.6) is 0 Å². The van der Waals surface area contributed by atoms with Crippen LogP contribution in [0, 0.1) is 5.92 Å². The van der Waals surface area contributed by atoms with Crippen molar-refractivity contribution in [3.8, 4) is 0 Å². The molecule has 1 heterocycles. The summed E-state index contributed by atoms with van der Waals surface area (Å²) in [7, 11) is 1.64. The first-order chi connectivity index (χ1) is 7.63. The number of carbonyl (C=O) groups is 2. The molecule has 1 fully saturated rings. The second-order valence-electron chi connectivity index (χ2n) is 3.92. The van der Waals surface area contributed by atoms with Crippen molar-refractivity contribution in [3.05, 3.63) is 12.2 Å². The van der Waals surface area contributed by atoms with Gasteiger partial charge >= 0.3 is 5.97 Å². The highest BCUT2D eigenvalue weighted by Crippen LogP contribution is 2.16. The smallest absolute Gasteiger partial charge is 0.328 e. The van der Waals surface area contributed by atoms with E-state index in [1.807, 2.05) is 0 Å². The Morgan fingerprint density at radius 2 is 2.25 bits per heavy atom. The molecule has 1 rings (SSSR count). The largest absolute Gasteiger partial charge is 0.478 e. The van der Waals surface area contributed by atoms with E-state index in [1.54, 1.807) is 12.0 Å². The van der Waals surface area contributed by atoms with Crippen molar-refractivity contribution in [1.29, 1.82) is 0 Å². The lowest BCUT2D eigenvalue weighted by atomic mass is 9.99. The number of nitrogens with zero attached hydrogens (tertiary/aromatic N) is 1. The van der Waals surface area contributed by atoms with Crippen LogP contribution < -0.4 is 0 Å². The van der Waals surface area contributed by atoms with Gasteiger partial charge in [0.25, 0.3) is 0 Å². The minimum Gasteiger partial charge on any atom is -0.478 e. The SMILES string of the molecule is COCC1CCCN(C(=O)/C=C/C(=O)O)C1. The summed E-state index contributed by atoms with van der Waals surface area (Å²) in [5.41, 5.74) is 0. The maximum Gasteiger partial charge on any atom is 0.328 e. The van der Waals surface area contributed by atoms with Crippen molar-refractivity contribution >= 4 is 11.9 Å². The molecule has 0 aromatic heterocycles. The highest BCUT2D eigenvalue weighted by molar-refractivity contribution is 5.93. The molecule has 0 aliphatic carbocycles. The van der Waals surface area contributed by atoms with Crippen molar-refractivity contribution in [1.82, 2.24) is 4.90 Å². The number of methoxy groups -OCH3 is 1. The van der Waals surface area contributed by atoms with E-state index in [-0.39, 0.29) is 5.91 Å². The first kappa shape index (κ1) is 12.7. The highest BCUT2D eigenvalue weighted by Gasteiger charge is 2.22. The van der Waals surface area contributed by atoms with Crippen molar-refractivity contribution in [2.45, 2.75) is 12.8 Å². The zero-order chi connectivity index (χ0) is 12.0. The van der Waals surface area contributed by atoms with Crippen LogP contribution in [0.25, 0.3) is 0 Å². The van der Waals surface area contributed by atoms with E-state index in [0.29, 0.717) is 25.6 Å². The number of ether oxygens (including phenoxy) is 1. The molecule has 90 valence electrons. The molecule has 16 heavy (non-hydrogen) atoms. The molecule has 0 aromatic carbocycles. The summed E-state index contributed by atoms with van der Waals surface area (Å²) < 4.78 is 5.06. The summed E-state index contributed by atoms with van der Waals surface area (Å²) in [6.45, 7) is 1.99. The van der Waals surface area contributed by atoms with Crippen molar-refractivity contribution in [3.63, 3.8) is 0 Å². The Hall–Kier alpha value is -1.36. The number of aliphatic carboxylic acids is 1. The zero-order valence-corrected chi connectivity index (χ0v) is 9.39. The number of amides is 1. The predicted molar refractivity (Wildman–Crippen MR) is 58.0 cm³/mol. The number of hydrogen-bond donors (Lipinski definition) is 1. The van der Waals surface area contributed by atoms with Gasteiger partial charge in [-0.1, -0.05) is 0 Å². The van der Waals surface area contributed by atoms with E-state index in [0.717, 1.165) is 25.0 Å². The van der Waals surface area contributed by atoms with Gasteiger partial charge in [-0.15, -0.1) is 0 Å². The molecule has 1 saturated heterocycles. The fraction of sp³-hybridized carbons (Fsp3) is 0.636. The second kappa shape index (κ2) is 6.27. The van der Waals surface area contributed by atoms with Gasteiger partial charge in [0.2, 0.25) is 5.91 Å². The topological polar surface area (TPSA) is 66.8 Å². The molecule has 0 saturated carbocycles. The normalized spacial score (nSPS) is 21.3. The molecule has 1 aliphatic heterocycles. The zero-order valence-electron chi connectivity index (χ0n) is 9.39. The molecule has 0 spiro atoms. The van der Waals surface area contributed by atoms with E-state index in [4.69, 9.17) is 9.84 Å². The molecule has 1 amide bonds. The predicted octanol–water partition coefficient (Wildman–Crippen LogP) is 0.512. The molecule has 5 heteroatoms. The number of rotatable bonds is 4. The first-order valence-corrected chi connectivity index (χ1v) is 5.32. The Morgan fingerprint density at radius 1 is 1.50 bits per heavy atom. The molecule has 1 N–H and O–H groups in total. The fourth-order valence-electron chi connectivity index (χ4n) is 1.88. The Labute approximate surface area is 94.7 Å². The summed E-state index contributed by atoms with van der Waals surface area (Å²) in [6, 6.07) is 0. The van der Waals surface area contributed by atoms with Gasteiger partial charge in [0.15, 0.2) is 0 Å². The van der Waals surface area contributed by atoms with Gasteiger partial charge in [0, 0.05) is 32.4 Å². The number of carboxylic acids is 1. The number of carbonyl (C=O) groups excluding carboxylic acids is 1. The summed E-state index contributed by atoms with van der Waals surface area (Å²) in [6.07, 6.45) is 3.99. The van der Waals surface area contributed by atoms with Crippen LogP contribution >= 0.6 is 0 Å². The summed E-state index contributed by atoms with van der Waals surface area (Å²) in [5, 5.41) is 8.42. The Morgan fingerprint density at radius 3 is 2.88 bits per heavy atom. The van der Waals surface area contributed by atoms with E-state index in [1.165, 1.54) is 0 Å². The van der Waals surface area contributed by atoms with Crippen LogP contribution in [0.2, 0.25) is 0 Å². The van der Waals surface area contributed by atoms with Crippen LogP contribution in [-0.2, 0) is 14.3 Å². The van der Waals surface area contributed by atoms with Gasteiger partial charge in [0.05, 0.1) is 6.61 Å². The van der Waals surface area contributed by atoms with Gasteiger partial charge in [-0.2, -0.15) is 0 Å². The van der Waals surface area contributed by atoms with Crippen LogP contribution in [0.4, 0.5) is 0 Å². The molecule has 1 aliphatic rings. The van der Waals surface area contributed by atoms with Crippen LogP contribution in [0.1, 0.15) is 12.8 Å². The van der Waals surface area contributed by atoms with Gasteiger partial charge < -0.3 is 14.7 Å². The van der Waals surface area contributed by atoms with Gasteiger partial charge in [-0.25, -0.2) is 4.79 Å². The quantitative estimate of drug-likeness (QED) is 0.711. The van der Waals surface area contributed by atoms with Crippen molar-refractivity contribution in [2.24, 2.45) is 5.92 Å². The summed E-state index contributed by atoms with van der Waals surface area (Å²) >= 11 is 0. The Kier molecular flexibility index (Phi) is 4.98. The van der Waals surface area contributed by atoms with Gasteiger partial charge in [-0.3, -0.25) is 4.79 Å². The molecule has 0 radical (unpaired) electrons. The number of likely N-dealkylation sites (tertiary alicyclic amines) is 1. The molecule has 0 aromatic rings. The molecular weight excluding hydrogens is 210 g/mol. The van der Waals surface area contributed by atoms with E-state index in [2.05, 4.69) is 0 Å². The maximum atomic E-state index is 11.6. The lowest BCUT2D eigenvalue weighted by Crippen LogP contribution is -2.40. The lowest BCUT2D eigenvalue weighted by Gasteiger charge is -2.31. The minimum absolute atomic E-state index is 0.233. The van der Waals surface area contributed by atoms with Gasteiger partial charge in [0.1, 0.15) is 0 Å².